The minimum Gasteiger partial charge on any atom is -0.466 e. The first-order valence-electron chi connectivity index (χ1n) is 7.39. The monoisotopic (exact) mass is 292 g/mol. The second-order valence-electron chi connectivity index (χ2n) is 4.80. The SMILES string of the molecule is CCOC(=O)CCCCCNc1cccc(NC(C)=O)c1. The van der Waals surface area contributed by atoms with E-state index in [1.807, 2.05) is 31.2 Å². The fraction of sp³-hybridized carbons (Fsp3) is 0.500. The van der Waals surface area contributed by atoms with Gasteiger partial charge >= 0.3 is 5.97 Å². The third-order valence-corrected chi connectivity index (χ3v) is 2.88. The quantitative estimate of drug-likeness (QED) is 0.542. The van der Waals surface area contributed by atoms with E-state index in [4.69, 9.17) is 4.74 Å². The molecule has 2 N–H and O–H groups in total. The second kappa shape index (κ2) is 9.80. The van der Waals surface area contributed by atoms with E-state index in [1.54, 1.807) is 0 Å². The number of hydrogen-bond acceptors (Lipinski definition) is 4. The molecule has 0 unspecified atom stereocenters. The van der Waals surface area contributed by atoms with Gasteiger partial charge < -0.3 is 15.4 Å². The predicted octanol–water partition coefficient (Wildman–Crippen LogP) is 3.18. The fourth-order valence-corrected chi connectivity index (χ4v) is 1.95. The Morgan fingerprint density at radius 2 is 1.90 bits per heavy atom. The van der Waals surface area contributed by atoms with Gasteiger partial charge in [-0.25, -0.2) is 0 Å². The number of anilines is 2. The Kier molecular flexibility index (Phi) is 7.94. The lowest BCUT2D eigenvalue weighted by Gasteiger charge is -2.08. The molecule has 0 heterocycles. The molecule has 21 heavy (non-hydrogen) atoms. The van der Waals surface area contributed by atoms with E-state index in [0.29, 0.717) is 13.0 Å². The summed E-state index contributed by atoms with van der Waals surface area (Å²) in [5.74, 6) is -0.195. The maximum absolute atomic E-state index is 11.2. The van der Waals surface area contributed by atoms with E-state index in [1.165, 1.54) is 6.92 Å². The number of carbonyl (C=O) groups excluding carboxylic acids is 2. The van der Waals surface area contributed by atoms with Crippen LogP contribution < -0.4 is 10.6 Å². The standard InChI is InChI=1S/C16H24N2O3/c1-3-21-16(20)10-5-4-6-11-17-14-8-7-9-15(12-14)18-13(2)19/h7-9,12,17H,3-6,10-11H2,1-2H3,(H,18,19). The van der Waals surface area contributed by atoms with Crippen LogP contribution in [0.1, 0.15) is 39.5 Å². The van der Waals surface area contributed by atoms with E-state index >= 15 is 0 Å². The van der Waals surface area contributed by atoms with Gasteiger partial charge in [-0.3, -0.25) is 9.59 Å². The number of amides is 1. The number of carbonyl (C=O) groups is 2. The summed E-state index contributed by atoms with van der Waals surface area (Å²) in [5.41, 5.74) is 1.77. The van der Waals surface area contributed by atoms with Crippen LogP contribution in [-0.2, 0) is 14.3 Å². The molecular formula is C16H24N2O3. The Morgan fingerprint density at radius 1 is 1.14 bits per heavy atom. The Bertz CT molecular complexity index is 461. The molecule has 0 aliphatic rings. The summed E-state index contributed by atoms with van der Waals surface area (Å²) in [5, 5.41) is 6.05. The fourth-order valence-electron chi connectivity index (χ4n) is 1.95. The van der Waals surface area contributed by atoms with Crippen molar-refractivity contribution in [2.45, 2.75) is 39.5 Å². The molecule has 116 valence electrons. The molecule has 0 radical (unpaired) electrons. The molecule has 1 amide bonds. The van der Waals surface area contributed by atoms with Crippen LogP contribution in [-0.4, -0.2) is 25.0 Å². The lowest BCUT2D eigenvalue weighted by molar-refractivity contribution is -0.143. The molecule has 0 fully saturated rings. The number of nitrogens with one attached hydrogen (secondary N) is 2. The molecule has 0 saturated carbocycles. The van der Waals surface area contributed by atoms with Crippen molar-refractivity contribution < 1.29 is 14.3 Å². The molecule has 5 heteroatoms. The van der Waals surface area contributed by atoms with Crippen molar-refractivity contribution in [3.05, 3.63) is 24.3 Å². The molecule has 0 bridgehead atoms. The zero-order valence-corrected chi connectivity index (χ0v) is 12.8. The van der Waals surface area contributed by atoms with Crippen molar-refractivity contribution in [2.75, 3.05) is 23.8 Å². The number of ether oxygens (including phenoxy) is 1. The molecular weight excluding hydrogens is 268 g/mol. The van der Waals surface area contributed by atoms with Gasteiger partial charge in [-0.05, 0) is 38.0 Å². The maximum atomic E-state index is 11.2. The molecule has 5 nitrogen and oxygen atoms in total. The van der Waals surface area contributed by atoms with Crippen LogP contribution in [0.3, 0.4) is 0 Å². The van der Waals surface area contributed by atoms with Crippen molar-refractivity contribution in [3.63, 3.8) is 0 Å². The predicted molar refractivity (Wildman–Crippen MR) is 84.3 cm³/mol. The summed E-state index contributed by atoms with van der Waals surface area (Å²) in [4.78, 5) is 22.1. The van der Waals surface area contributed by atoms with Crippen LogP contribution in [0.25, 0.3) is 0 Å². The van der Waals surface area contributed by atoms with Gasteiger partial charge in [0.2, 0.25) is 5.91 Å². The van der Waals surface area contributed by atoms with Crippen LogP contribution in [0.2, 0.25) is 0 Å². The molecule has 0 atom stereocenters. The van der Waals surface area contributed by atoms with Crippen LogP contribution in [0.15, 0.2) is 24.3 Å². The van der Waals surface area contributed by atoms with Crippen LogP contribution >= 0.6 is 0 Å². The highest BCUT2D eigenvalue weighted by atomic mass is 16.5. The Labute approximate surface area is 126 Å². The molecule has 0 aliphatic carbocycles. The number of rotatable bonds is 9. The first kappa shape index (κ1) is 17.0. The van der Waals surface area contributed by atoms with Crippen LogP contribution in [0.4, 0.5) is 11.4 Å². The smallest absolute Gasteiger partial charge is 0.305 e. The number of esters is 1. The van der Waals surface area contributed by atoms with Gasteiger partial charge in [-0.15, -0.1) is 0 Å². The molecule has 0 spiro atoms. The molecule has 0 aromatic heterocycles. The van der Waals surface area contributed by atoms with Gasteiger partial charge in [0.25, 0.3) is 0 Å². The first-order valence-corrected chi connectivity index (χ1v) is 7.39. The summed E-state index contributed by atoms with van der Waals surface area (Å²) in [6.07, 6.45) is 3.32. The maximum Gasteiger partial charge on any atom is 0.305 e. The summed E-state index contributed by atoms with van der Waals surface area (Å²) >= 11 is 0. The Morgan fingerprint density at radius 3 is 2.62 bits per heavy atom. The highest BCUT2D eigenvalue weighted by Gasteiger charge is 2.01. The third kappa shape index (κ3) is 7.97. The van der Waals surface area contributed by atoms with Crippen molar-refractivity contribution in [2.24, 2.45) is 0 Å². The van der Waals surface area contributed by atoms with E-state index in [9.17, 15) is 9.59 Å². The zero-order chi connectivity index (χ0) is 15.5. The topological polar surface area (TPSA) is 67.4 Å². The zero-order valence-electron chi connectivity index (χ0n) is 12.8. The average molecular weight is 292 g/mol. The average Bonchev–Trinajstić information content (AvgIpc) is 2.42. The van der Waals surface area contributed by atoms with Crippen LogP contribution in [0.5, 0.6) is 0 Å². The minimum absolute atomic E-state index is 0.0777. The van der Waals surface area contributed by atoms with E-state index in [-0.39, 0.29) is 11.9 Å². The first-order chi connectivity index (χ1) is 10.1. The second-order valence-corrected chi connectivity index (χ2v) is 4.80. The molecule has 0 saturated heterocycles. The van der Waals surface area contributed by atoms with Crippen LogP contribution in [0, 0.1) is 0 Å². The molecule has 1 aromatic carbocycles. The highest BCUT2D eigenvalue weighted by molar-refractivity contribution is 5.89. The Hall–Kier alpha value is -2.04. The number of unbranched alkanes of at least 4 members (excludes halogenated alkanes) is 2. The summed E-state index contributed by atoms with van der Waals surface area (Å²) < 4.78 is 4.87. The van der Waals surface area contributed by atoms with Gasteiger partial charge in [0, 0.05) is 31.3 Å². The van der Waals surface area contributed by atoms with Gasteiger partial charge in [-0.1, -0.05) is 12.5 Å². The summed E-state index contributed by atoms with van der Waals surface area (Å²) in [7, 11) is 0. The van der Waals surface area contributed by atoms with E-state index < -0.39 is 0 Å². The normalized spacial score (nSPS) is 10.0. The number of benzene rings is 1. The van der Waals surface area contributed by atoms with Gasteiger partial charge in [0.15, 0.2) is 0 Å². The van der Waals surface area contributed by atoms with E-state index in [2.05, 4.69) is 10.6 Å². The third-order valence-electron chi connectivity index (χ3n) is 2.88. The van der Waals surface area contributed by atoms with Crippen molar-refractivity contribution in [3.8, 4) is 0 Å². The largest absolute Gasteiger partial charge is 0.466 e. The lowest BCUT2D eigenvalue weighted by atomic mass is 10.2. The molecule has 1 rings (SSSR count). The molecule has 0 aliphatic heterocycles. The van der Waals surface area contributed by atoms with Crippen molar-refractivity contribution in [1.29, 1.82) is 0 Å². The highest BCUT2D eigenvalue weighted by Crippen LogP contribution is 2.15. The lowest BCUT2D eigenvalue weighted by Crippen LogP contribution is -2.07. The summed E-state index contributed by atoms with van der Waals surface area (Å²) in [6.45, 7) is 4.60. The van der Waals surface area contributed by atoms with E-state index in [0.717, 1.165) is 37.2 Å². The minimum atomic E-state index is -0.117. The van der Waals surface area contributed by atoms with Gasteiger partial charge in [0.05, 0.1) is 6.61 Å². The molecule has 1 aromatic rings. The summed E-state index contributed by atoms with van der Waals surface area (Å²) in [6, 6.07) is 7.62. The Balaban J connectivity index is 2.18. The van der Waals surface area contributed by atoms with Gasteiger partial charge in [0.1, 0.15) is 0 Å². The van der Waals surface area contributed by atoms with Crippen molar-refractivity contribution in [1.82, 2.24) is 0 Å². The van der Waals surface area contributed by atoms with Gasteiger partial charge in [-0.2, -0.15) is 0 Å². The number of hydrogen-bond donors (Lipinski definition) is 2. The van der Waals surface area contributed by atoms with Crippen molar-refractivity contribution >= 4 is 23.3 Å².